The van der Waals surface area contributed by atoms with Gasteiger partial charge in [0.2, 0.25) is 0 Å². The SMILES string of the molecule is CCCCOC(C(=O)O)c1c(C)c(C)c2ccccc2c1-c1ccc(Cl)cc1. The molecule has 146 valence electrons. The van der Waals surface area contributed by atoms with E-state index >= 15 is 0 Å². The number of carboxylic acids is 1. The number of fused-ring (bicyclic) bond motifs is 1. The fourth-order valence-electron chi connectivity index (χ4n) is 3.64. The second-order valence-corrected chi connectivity index (χ2v) is 7.47. The quantitative estimate of drug-likeness (QED) is 0.451. The van der Waals surface area contributed by atoms with E-state index in [0.29, 0.717) is 11.6 Å². The number of ether oxygens (including phenoxy) is 1. The van der Waals surface area contributed by atoms with Crippen LogP contribution in [-0.4, -0.2) is 17.7 Å². The molecule has 0 aromatic heterocycles. The molecule has 0 heterocycles. The highest BCUT2D eigenvalue weighted by molar-refractivity contribution is 6.30. The molecule has 0 spiro atoms. The van der Waals surface area contributed by atoms with E-state index in [9.17, 15) is 9.90 Å². The molecule has 4 heteroatoms. The average molecular weight is 397 g/mol. The van der Waals surface area contributed by atoms with Crippen LogP contribution in [0, 0.1) is 13.8 Å². The van der Waals surface area contributed by atoms with Crippen LogP contribution in [0.25, 0.3) is 21.9 Å². The molecular weight excluding hydrogens is 372 g/mol. The lowest BCUT2D eigenvalue weighted by atomic mass is 9.84. The molecule has 0 saturated heterocycles. The lowest BCUT2D eigenvalue weighted by Gasteiger charge is -2.24. The van der Waals surface area contributed by atoms with Gasteiger partial charge in [0.1, 0.15) is 0 Å². The monoisotopic (exact) mass is 396 g/mol. The van der Waals surface area contributed by atoms with Gasteiger partial charge in [-0.2, -0.15) is 0 Å². The van der Waals surface area contributed by atoms with Crippen molar-refractivity contribution >= 4 is 28.3 Å². The highest BCUT2D eigenvalue weighted by atomic mass is 35.5. The average Bonchev–Trinajstić information content (AvgIpc) is 2.69. The van der Waals surface area contributed by atoms with Crippen molar-refractivity contribution < 1.29 is 14.6 Å². The summed E-state index contributed by atoms with van der Waals surface area (Å²) >= 11 is 6.09. The molecule has 0 fully saturated rings. The van der Waals surface area contributed by atoms with Crippen LogP contribution in [0.3, 0.4) is 0 Å². The normalized spacial score (nSPS) is 12.3. The molecule has 28 heavy (non-hydrogen) atoms. The number of aryl methyl sites for hydroxylation is 1. The van der Waals surface area contributed by atoms with Gasteiger partial charge in [0, 0.05) is 17.2 Å². The molecule has 1 unspecified atom stereocenters. The van der Waals surface area contributed by atoms with E-state index in [1.807, 2.05) is 56.3 Å². The molecule has 0 amide bonds. The maximum absolute atomic E-state index is 12.2. The van der Waals surface area contributed by atoms with Crippen molar-refractivity contribution in [2.75, 3.05) is 6.61 Å². The number of hydrogen-bond acceptors (Lipinski definition) is 2. The first kappa shape index (κ1) is 20.4. The van der Waals surface area contributed by atoms with E-state index in [4.69, 9.17) is 16.3 Å². The van der Waals surface area contributed by atoms with Gasteiger partial charge in [0.25, 0.3) is 0 Å². The summed E-state index contributed by atoms with van der Waals surface area (Å²) in [6, 6.07) is 15.6. The predicted molar refractivity (Wildman–Crippen MR) is 115 cm³/mol. The van der Waals surface area contributed by atoms with Crippen molar-refractivity contribution in [2.24, 2.45) is 0 Å². The van der Waals surface area contributed by atoms with Crippen LogP contribution in [0.1, 0.15) is 42.6 Å². The van der Waals surface area contributed by atoms with E-state index in [2.05, 4.69) is 13.0 Å². The zero-order valence-electron chi connectivity index (χ0n) is 16.5. The summed E-state index contributed by atoms with van der Waals surface area (Å²) in [4.78, 5) is 12.2. The lowest BCUT2D eigenvalue weighted by molar-refractivity contribution is -0.151. The third-order valence-corrected chi connectivity index (χ3v) is 5.49. The maximum Gasteiger partial charge on any atom is 0.337 e. The fourth-order valence-corrected chi connectivity index (χ4v) is 3.77. The third-order valence-electron chi connectivity index (χ3n) is 5.24. The summed E-state index contributed by atoms with van der Waals surface area (Å²) in [5.41, 5.74) is 4.59. The van der Waals surface area contributed by atoms with E-state index in [-0.39, 0.29) is 0 Å². The van der Waals surface area contributed by atoms with Gasteiger partial charge >= 0.3 is 5.97 Å². The Hall–Kier alpha value is -2.36. The second kappa shape index (κ2) is 8.76. The number of benzene rings is 3. The Morgan fingerprint density at radius 3 is 2.29 bits per heavy atom. The van der Waals surface area contributed by atoms with E-state index < -0.39 is 12.1 Å². The first-order valence-corrected chi connectivity index (χ1v) is 9.95. The van der Waals surface area contributed by atoms with Crippen LogP contribution in [0.15, 0.2) is 48.5 Å². The Labute approximate surface area is 170 Å². The molecule has 0 aliphatic rings. The minimum Gasteiger partial charge on any atom is -0.479 e. The minimum atomic E-state index is -1.01. The Balaban J connectivity index is 2.33. The van der Waals surface area contributed by atoms with Gasteiger partial charge in [0.05, 0.1) is 0 Å². The standard InChI is InChI=1S/C24H25ClO3/c1-4-5-14-28-23(24(26)27)21-16(3)15(2)19-8-6-7-9-20(19)22(21)17-10-12-18(25)13-11-17/h6-13,23H,4-5,14H2,1-3H3,(H,26,27). The van der Waals surface area contributed by atoms with Crippen molar-refractivity contribution in [2.45, 2.75) is 39.7 Å². The summed E-state index contributed by atoms with van der Waals surface area (Å²) in [6.07, 6.45) is 0.762. The summed E-state index contributed by atoms with van der Waals surface area (Å²) in [6.45, 7) is 6.50. The molecule has 3 rings (SSSR count). The number of rotatable bonds is 7. The van der Waals surface area contributed by atoms with E-state index in [1.165, 1.54) is 0 Å². The van der Waals surface area contributed by atoms with Crippen molar-refractivity contribution in [3.63, 3.8) is 0 Å². The number of unbranched alkanes of at least 4 members (excludes halogenated alkanes) is 1. The Morgan fingerprint density at radius 2 is 1.68 bits per heavy atom. The molecule has 3 nitrogen and oxygen atoms in total. The van der Waals surface area contributed by atoms with Gasteiger partial charge in [-0.1, -0.05) is 61.3 Å². The molecule has 1 atom stereocenters. The lowest BCUT2D eigenvalue weighted by Crippen LogP contribution is -2.19. The van der Waals surface area contributed by atoms with Crippen molar-refractivity contribution in [3.05, 3.63) is 70.2 Å². The molecule has 0 saturated carbocycles. The first-order valence-electron chi connectivity index (χ1n) is 9.57. The van der Waals surface area contributed by atoms with E-state index in [1.54, 1.807) is 0 Å². The Bertz CT molecular complexity index is 993. The second-order valence-electron chi connectivity index (χ2n) is 7.03. The first-order chi connectivity index (χ1) is 13.5. The molecule has 0 aliphatic carbocycles. The van der Waals surface area contributed by atoms with Crippen LogP contribution in [0.4, 0.5) is 0 Å². The number of halogens is 1. The van der Waals surface area contributed by atoms with Gasteiger partial charge in [-0.25, -0.2) is 4.79 Å². The smallest absolute Gasteiger partial charge is 0.337 e. The maximum atomic E-state index is 12.2. The summed E-state index contributed by atoms with van der Waals surface area (Å²) in [5, 5.41) is 12.8. The molecule has 3 aromatic rings. The molecule has 3 aromatic carbocycles. The molecular formula is C24H25ClO3. The third kappa shape index (κ3) is 3.91. The van der Waals surface area contributed by atoms with Crippen molar-refractivity contribution in [1.82, 2.24) is 0 Å². The van der Waals surface area contributed by atoms with E-state index in [0.717, 1.165) is 51.4 Å². The minimum absolute atomic E-state index is 0.416. The Kier molecular flexibility index (Phi) is 6.38. The van der Waals surface area contributed by atoms with Crippen LogP contribution in [0.2, 0.25) is 5.02 Å². The van der Waals surface area contributed by atoms with Gasteiger partial charge in [-0.05, 0) is 65.4 Å². The zero-order chi connectivity index (χ0) is 20.3. The Morgan fingerprint density at radius 1 is 1.04 bits per heavy atom. The topological polar surface area (TPSA) is 46.5 Å². The number of aliphatic carboxylic acids is 1. The highest BCUT2D eigenvalue weighted by Crippen LogP contribution is 2.41. The summed E-state index contributed by atoms with van der Waals surface area (Å²) in [5.74, 6) is -0.968. The highest BCUT2D eigenvalue weighted by Gasteiger charge is 2.28. The number of carboxylic acid groups (broad SMARTS) is 1. The van der Waals surface area contributed by atoms with Crippen LogP contribution in [0.5, 0.6) is 0 Å². The van der Waals surface area contributed by atoms with Gasteiger partial charge in [0.15, 0.2) is 6.10 Å². The van der Waals surface area contributed by atoms with Crippen LogP contribution >= 0.6 is 11.6 Å². The molecule has 1 N–H and O–H groups in total. The van der Waals surface area contributed by atoms with Crippen molar-refractivity contribution in [3.8, 4) is 11.1 Å². The molecule has 0 aliphatic heterocycles. The zero-order valence-corrected chi connectivity index (χ0v) is 17.2. The van der Waals surface area contributed by atoms with Crippen LogP contribution < -0.4 is 0 Å². The van der Waals surface area contributed by atoms with Crippen LogP contribution in [-0.2, 0) is 9.53 Å². The fraction of sp³-hybridized carbons (Fsp3) is 0.292. The van der Waals surface area contributed by atoms with Gasteiger partial charge in [-0.15, -0.1) is 0 Å². The molecule has 0 radical (unpaired) electrons. The van der Waals surface area contributed by atoms with Crippen molar-refractivity contribution in [1.29, 1.82) is 0 Å². The molecule has 0 bridgehead atoms. The summed E-state index contributed by atoms with van der Waals surface area (Å²) in [7, 11) is 0. The van der Waals surface area contributed by atoms with Gasteiger partial charge < -0.3 is 9.84 Å². The van der Waals surface area contributed by atoms with Gasteiger partial charge in [-0.3, -0.25) is 0 Å². The summed E-state index contributed by atoms with van der Waals surface area (Å²) < 4.78 is 5.88. The number of carbonyl (C=O) groups is 1. The number of hydrogen-bond donors (Lipinski definition) is 1. The predicted octanol–water partition coefficient (Wildman–Crippen LogP) is 6.72. The largest absolute Gasteiger partial charge is 0.479 e.